The Morgan fingerprint density at radius 3 is 2.53 bits per heavy atom. The van der Waals surface area contributed by atoms with Gasteiger partial charge in [-0.2, -0.15) is 0 Å². The topological polar surface area (TPSA) is 61.6 Å². The van der Waals surface area contributed by atoms with E-state index in [0.29, 0.717) is 22.6 Å². The Morgan fingerprint density at radius 2 is 1.89 bits per heavy atom. The molecule has 19 heavy (non-hydrogen) atoms. The molecule has 3 rings (SSSR count). The number of nitrogens with zero attached hydrogens (tertiary/aromatic N) is 1. The Bertz CT molecular complexity index is 547. The monoisotopic (exact) mass is 263 g/mol. The average molecular weight is 263 g/mol. The molecule has 1 saturated carbocycles. The first-order chi connectivity index (χ1) is 9.02. The number of rotatable bonds is 1. The first-order valence-corrected chi connectivity index (χ1v) is 6.69. The third kappa shape index (κ3) is 1.84. The summed E-state index contributed by atoms with van der Waals surface area (Å²) in [5, 5.41) is 11.1. The van der Waals surface area contributed by atoms with Gasteiger partial charge in [0.25, 0.3) is 11.5 Å². The van der Waals surface area contributed by atoms with Gasteiger partial charge < -0.3 is 9.47 Å². The number of benzene rings is 1. The molecule has 0 unspecified atom stereocenters. The van der Waals surface area contributed by atoms with Crippen LogP contribution >= 0.6 is 0 Å². The maximum absolute atomic E-state index is 11.1. The molecule has 1 spiro atoms. The fourth-order valence-corrected chi connectivity index (χ4v) is 3.10. The minimum absolute atomic E-state index is 0.134. The molecule has 1 aliphatic carbocycles. The quantitative estimate of drug-likeness (QED) is 0.573. The number of ether oxygens (including phenoxy) is 2. The van der Waals surface area contributed by atoms with E-state index in [1.807, 2.05) is 0 Å². The number of hydrogen-bond donors (Lipinski definition) is 0. The van der Waals surface area contributed by atoms with E-state index in [0.717, 1.165) is 25.7 Å². The summed E-state index contributed by atoms with van der Waals surface area (Å²) >= 11 is 0. The van der Waals surface area contributed by atoms with E-state index in [4.69, 9.17) is 9.47 Å². The Morgan fingerprint density at radius 1 is 1.21 bits per heavy atom. The van der Waals surface area contributed by atoms with Gasteiger partial charge in [-0.15, -0.1) is 0 Å². The largest absolute Gasteiger partial charge is 0.448 e. The van der Waals surface area contributed by atoms with Crippen LogP contribution < -0.4 is 9.47 Å². The standard InChI is InChI=1S/C14H17NO4/c1-9-8-11-13(10(2)12(9)15(16)17)19-14(18-11)6-4-3-5-7-14/h8H,3-7H2,1-2H3. The van der Waals surface area contributed by atoms with Crippen molar-refractivity contribution in [1.29, 1.82) is 0 Å². The van der Waals surface area contributed by atoms with Crippen LogP contribution in [0.25, 0.3) is 0 Å². The van der Waals surface area contributed by atoms with E-state index in [2.05, 4.69) is 0 Å². The highest BCUT2D eigenvalue weighted by atomic mass is 16.7. The van der Waals surface area contributed by atoms with Crippen molar-refractivity contribution in [3.63, 3.8) is 0 Å². The van der Waals surface area contributed by atoms with Gasteiger partial charge >= 0.3 is 0 Å². The first-order valence-electron chi connectivity index (χ1n) is 6.69. The van der Waals surface area contributed by atoms with E-state index in [1.165, 1.54) is 6.42 Å². The smallest absolute Gasteiger partial charge is 0.279 e. The van der Waals surface area contributed by atoms with Crippen molar-refractivity contribution in [2.45, 2.75) is 51.7 Å². The van der Waals surface area contributed by atoms with Gasteiger partial charge in [0.1, 0.15) is 0 Å². The highest BCUT2D eigenvalue weighted by Crippen LogP contribution is 2.50. The molecule has 0 radical (unpaired) electrons. The van der Waals surface area contributed by atoms with Crippen LogP contribution in [0.2, 0.25) is 0 Å². The summed E-state index contributed by atoms with van der Waals surface area (Å²) in [5.41, 5.74) is 1.33. The summed E-state index contributed by atoms with van der Waals surface area (Å²) in [6.45, 7) is 3.47. The molecule has 102 valence electrons. The molecule has 5 heteroatoms. The fraction of sp³-hybridized carbons (Fsp3) is 0.571. The molecular formula is C14H17NO4. The molecule has 0 amide bonds. The van der Waals surface area contributed by atoms with Crippen LogP contribution in [0.15, 0.2) is 6.07 Å². The molecule has 1 aliphatic heterocycles. The normalized spacial score (nSPS) is 19.7. The predicted octanol–water partition coefficient (Wildman–Crippen LogP) is 3.64. The van der Waals surface area contributed by atoms with Gasteiger partial charge in [-0.1, -0.05) is 6.42 Å². The highest BCUT2D eigenvalue weighted by Gasteiger charge is 2.44. The minimum atomic E-state index is -0.576. The molecule has 1 aromatic rings. The van der Waals surface area contributed by atoms with Crippen LogP contribution in [0.1, 0.15) is 43.2 Å². The fourth-order valence-electron chi connectivity index (χ4n) is 3.10. The predicted molar refractivity (Wildman–Crippen MR) is 69.6 cm³/mol. The molecule has 1 heterocycles. The van der Waals surface area contributed by atoms with E-state index in [9.17, 15) is 10.1 Å². The molecule has 0 bridgehead atoms. The second-order valence-corrected chi connectivity index (χ2v) is 5.43. The zero-order valence-corrected chi connectivity index (χ0v) is 11.2. The van der Waals surface area contributed by atoms with Gasteiger partial charge in [0.05, 0.1) is 10.5 Å². The van der Waals surface area contributed by atoms with Gasteiger partial charge in [-0.3, -0.25) is 10.1 Å². The van der Waals surface area contributed by atoms with Crippen LogP contribution in [-0.2, 0) is 0 Å². The molecule has 1 fully saturated rings. The van der Waals surface area contributed by atoms with Gasteiger partial charge in [0, 0.05) is 18.4 Å². The lowest BCUT2D eigenvalue weighted by Crippen LogP contribution is -2.40. The van der Waals surface area contributed by atoms with Crippen LogP contribution in [-0.4, -0.2) is 10.7 Å². The molecule has 1 aromatic carbocycles. The van der Waals surface area contributed by atoms with Gasteiger partial charge in [0.2, 0.25) is 0 Å². The van der Waals surface area contributed by atoms with Gasteiger partial charge in [0.15, 0.2) is 11.5 Å². The molecule has 2 aliphatic rings. The van der Waals surface area contributed by atoms with E-state index < -0.39 is 5.79 Å². The van der Waals surface area contributed by atoms with Gasteiger partial charge in [-0.25, -0.2) is 0 Å². The number of aryl methyl sites for hydroxylation is 1. The van der Waals surface area contributed by atoms with E-state index in [1.54, 1.807) is 19.9 Å². The SMILES string of the molecule is Cc1cc2c(c(C)c1[N+](=O)[O-])OC1(CCCCC1)O2. The van der Waals surface area contributed by atoms with Crippen LogP contribution in [0, 0.1) is 24.0 Å². The Labute approximate surface area is 111 Å². The number of hydrogen-bond acceptors (Lipinski definition) is 4. The zero-order chi connectivity index (χ0) is 13.6. The maximum Gasteiger partial charge on any atom is 0.279 e. The van der Waals surface area contributed by atoms with E-state index >= 15 is 0 Å². The lowest BCUT2D eigenvalue weighted by atomic mass is 9.94. The summed E-state index contributed by atoms with van der Waals surface area (Å²) in [6.07, 6.45) is 5.06. The Hall–Kier alpha value is -1.78. The maximum atomic E-state index is 11.1. The molecule has 0 aromatic heterocycles. The summed E-state index contributed by atoms with van der Waals surface area (Å²) in [7, 11) is 0. The number of fused-ring (bicyclic) bond motifs is 1. The minimum Gasteiger partial charge on any atom is -0.448 e. The highest BCUT2D eigenvalue weighted by molar-refractivity contribution is 5.62. The molecule has 5 nitrogen and oxygen atoms in total. The summed E-state index contributed by atoms with van der Waals surface area (Å²) in [5.74, 6) is 0.634. The van der Waals surface area contributed by atoms with Crippen molar-refractivity contribution in [2.24, 2.45) is 0 Å². The average Bonchev–Trinajstić information content (AvgIpc) is 2.68. The first kappa shape index (κ1) is 12.3. The molecular weight excluding hydrogens is 246 g/mol. The summed E-state index contributed by atoms with van der Waals surface area (Å²) in [6, 6.07) is 1.73. The van der Waals surface area contributed by atoms with Crippen molar-refractivity contribution in [2.75, 3.05) is 0 Å². The lowest BCUT2D eigenvalue weighted by molar-refractivity contribution is -0.386. The van der Waals surface area contributed by atoms with Crippen LogP contribution in [0.5, 0.6) is 11.5 Å². The zero-order valence-electron chi connectivity index (χ0n) is 11.2. The van der Waals surface area contributed by atoms with Crippen LogP contribution in [0.3, 0.4) is 0 Å². The molecule has 0 N–H and O–H groups in total. The second-order valence-electron chi connectivity index (χ2n) is 5.43. The number of nitro benzene ring substituents is 1. The Kier molecular flexibility index (Phi) is 2.66. The Balaban J connectivity index is 2.04. The molecule has 0 saturated heterocycles. The van der Waals surface area contributed by atoms with Crippen molar-refractivity contribution < 1.29 is 14.4 Å². The van der Waals surface area contributed by atoms with Crippen molar-refractivity contribution >= 4 is 5.69 Å². The van der Waals surface area contributed by atoms with Crippen molar-refractivity contribution in [3.8, 4) is 11.5 Å². The van der Waals surface area contributed by atoms with E-state index in [-0.39, 0.29) is 10.6 Å². The third-order valence-electron chi connectivity index (χ3n) is 4.02. The van der Waals surface area contributed by atoms with Gasteiger partial charge in [-0.05, 0) is 32.8 Å². The second kappa shape index (κ2) is 4.11. The lowest BCUT2D eigenvalue weighted by Gasteiger charge is -2.31. The van der Waals surface area contributed by atoms with Crippen molar-refractivity contribution in [1.82, 2.24) is 0 Å². The number of nitro groups is 1. The third-order valence-corrected chi connectivity index (χ3v) is 4.02. The molecule has 0 atom stereocenters. The van der Waals surface area contributed by atoms with Crippen molar-refractivity contribution in [3.05, 3.63) is 27.3 Å². The van der Waals surface area contributed by atoms with Crippen LogP contribution in [0.4, 0.5) is 5.69 Å². The summed E-state index contributed by atoms with van der Waals surface area (Å²) < 4.78 is 12.0. The summed E-state index contributed by atoms with van der Waals surface area (Å²) in [4.78, 5) is 10.8.